The van der Waals surface area contributed by atoms with E-state index in [4.69, 9.17) is 69.3 Å². The van der Waals surface area contributed by atoms with Crippen molar-refractivity contribution in [1.29, 1.82) is 0 Å². The van der Waals surface area contributed by atoms with Gasteiger partial charge in [0.2, 0.25) is 23.6 Å². The second kappa shape index (κ2) is 38.0. The molecule has 0 saturated carbocycles. The second-order valence-corrected chi connectivity index (χ2v) is 33.1. The van der Waals surface area contributed by atoms with Crippen molar-refractivity contribution in [1.82, 2.24) is 138 Å². The summed E-state index contributed by atoms with van der Waals surface area (Å²) >= 11 is 23.8. The van der Waals surface area contributed by atoms with Gasteiger partial charge < -0.3 is 82.1 Å². The number of aromatic amines is 4. The number of benzene rings is 4. The molecule has 0 aliphatic carbocycles. The van der Waals surface area contributed by atoms with Crippen molar-refractivity contribution >= 4 is 160 Å². The summed E-state index contributed by atoms with van der Waals surface area (Å²) in [5.74, 6) is 1.16. The first-order chi connectivity index (χ1) is 63.7. The summed E-state index contributed by atoms with van der Waals surface area (Å²) in [7, 11) is 0. The lowest BCUT2D eigenvalue weighted by Gasteiger charge is -2.41. The van der Waals surface area contributed by atoms with Gasteiger partial charge in [-0.05, 0) is 99.5 Å². The third kappa shape index (κ3) is 18.4. The summed E-state index contributed by atoms with van der Waals surface area (Å²) in [6.07, 6.45) is 18.5. The quantitative estimate of drug-likeness (QED) is 0.0418. The normalized spacial score (nSPS) is 15.4. The third-order valence-corrected chi connectivity index (χ3v) is 24.3. The number of H-pyrrole nitrogens is 4. The number of nitrogen functional groups attached to an aromatic ring is 4. The molecule has 0 radical (unpaired) electrons. The second-order valence-electron chi connectivity index (χ2n) is 31.4. The highest BCUT2D eigenvalue weighted by Crippen LogP contribution is 2.37. The molecule has 0 unspecified atom stereocenters. The van der Waals surface area contributed by atoms with Crippen LogP contribution in [0.4, 0.5) is 63.6 Å². The van der Waals surface area contributed by atoms with Crippen LogP contribution in [0.25, 0.3) is 90.2 Å². The molecule has 20 rings (SSSR count). The summed E-state index contributed by atoms with van der Waals surface area (Å²) in [4.78, 5) is 130. The summed E-state index contributed by atoms with van der Waals surface area (Å²) in [5, 5.41) is 21.8. The van der Waals surface area contributed by atoms with Crippen LogP contribution in [-0.4, -0.2) is 266 Å². The number of imidazole rings is 4. The first-order valence-corrected chi connectivity index (χ1v) is 43.0. The van der Waals surface area contributed by atoms with Crippen LogP contribution in [0.5, 0.6) is 0 Å². The number of fused-ring (bicyclic) bond motifs is 4. The summed E-state index contributed by atoms with van der Waals surface area (Å²) < 4.78 is 63.6. The Morgan fingerprint density at radius 2 is 0.636 bits per heavy atom. The molecule has 16 heterocycles. The number of halogens is 8. The van der Waals surface area contributed by atoms with Crippen molar-refractivity contribution in [3.05, 3.63) is 190 Å². The van der Waals surface area contributed by atoms with Gasteiger partial charge in [-0.25, -0.2) is 96.1 Å². The van der Waals surface area contributed by atoms with Crippen LogP contribution < -0.4 is 42.5 Å². The molecule has 2 atom stereocenters. The predicted octanol–water partition coefficient (Wildman–Crippen LogP) is 9.15. The smallest absolute Gasteiger partial charge is 0.244 e. The van der Waals surface area contributed by atoms with Crippen molar-refractivity contribution in [3.63, 3.8) is 0 Å². The van der Waals surface area contributed by atoms with Gasteiger partial charge in [0, 0.05) is 173 Å². The van der Waals surface area contributed by atoms with E-state index in [1.807, 2.05) is 47.3 Å². The molecular formula is C84H84Cl4F4N36O4. The molecule has 40 nitrogen and oxygen atoms in total. The molecule has 680 valence electrons. The minimum absolute atomic E-state index is 0.0109. The fourth-order valence-electron chi connectivity index (χ4n) is 16.4. The highest BCUT2D eigenvalue weighted by atomic mass is 35.5. The monoisotopic (exact) mass is 1880 g/mol. The van der Waals surface area contributed by atoms with Crippen molar-refractivity contribution in [3.8, 4) is 46.1 Å². The van der Waals surface area contributed by atoms with Crippen LogP contribution in [0.15, 0.2) is 136 Å². The lowest BCUT2D eigenvalue weighted by Crippen LogP contribution is -2.55. The number of piperazine rings is 4. The maximum absolute atomic E-state index is 14.5. The summed E-state index contributed by atoms with van der Waals surface area (Å²) in [6.45, 7) is 14.3. The lowest BCUT2D eigenvalue weighted by atomic mass is 10.1. The number of hydrogen-bond donors (Lipinski definition) is 8. The molecule has 4 saturated heterocycles. The van der Waals surface area contributed by atoms with E-state index in [9.17, 15) is 36.7 Å². The minimum Gasteiger partial charge on any atom is -0.383 e. The van der Waals surface area contributed by atoms with Crippen LogP contribution >= 0.6 is 46.4 Å². The first-order valence-electron chi connectivity index (χ1n) is 41.5. The standard InChI is InChI=1S/C22H23ClFN9O.2C21H21ClFN9O.C20H19ClFN9O/c1-12-7-16(15(24)8-14(12)23)31-5-6-32(13(2)9-31)17(34)10-33-22-18(20(25)28-11-29-22)19(30-33)21-26-3-4-27-21;1-12-8-15(14(23)9-13(12)22)30-4-6-31(7-5-30)16(33)10-32-21-17(19(24)27-11-28-21)18(29-32)20-25-2-3-26-20;1-12-9-30(15-3-2-13(22)8-14(15)23)6-7-31(12)16(33)10-32-21-17(19(24)27-11-28-21)18(29-32)20-25-4-5-26-20;21-12-1-2-14(13(22)9-12)29-5-7-30(8-6-29)15(32)10-31-20-16(18(23)26-11-27-20)17(28-31)19-24-3-4-25-19/h3-4,7-8,11,13H,5-6,9-10H2,1-2H3,(H,26,27)(H2,25,28,29);2-3,8-9,11H,4-7,10H2,1H3,(H,25,26)(H2,24,27,28);2-5,8,11-12H,6-7,9-10H2,1H3,(H,25,26)(H2,24,27,28);1-4,9,11H,5-8,10H2,(H,24,25)(H2,23,26,27)/t13-;;12-;/m0.0./s1. The number of nitrogens with one attached hydrogen (secondary N) is 4. The van der Waals surface area contributed by atoms with E-state index in [1.165, 1.54) is 68.3 Å². The average Bonchev–Trinajstić information content (AvgIpc) is 1.62. The zero-order valence-corrected chi connectivity index (χ0v) is 74.1. The maximum atomic E-state index is 14.5. The number of rotatable bonds is 16. The van der Waals surface area contributed by atoms with E-state index in [0.717, 1.165) is 11.1 Å². The van der Waals surface area contributed by atoms with E-state index in [-0.39, 0.29) is 108 Å². The number of carbonyl (C=O) groups is 4. The molecule has 48 heteroatoms. The Morgan fingerprint density at radius 1 is 0.356 bits per heavy atom. The highest BCUT2D eigenvalue weighted by Gasteiger charge is 2.35. The fourth-order valence-corrected chi connectivity index (χ4v) is 17.0. The number of nitrogens with two attached hydrogens (primary N) is 4. The van der Waals surface area contributed by atoms with Crippen LogP contribution in [0.2, 0.25) is 20.1 Å². The van der Waals surface area contributed by atoms with Gasteiger partial charge >= 0.3 is 0 Å². The zero-order chi connectivity index (χ0) is 92.4. The largest absolute Gasteiger partial charge is 0.383 e. The number of carbonyl (C=O) groups excluding carboxylic acids is 4. The number of nitrogens with zero attached hydrogens (tertiary/aromatic N) is 28. The maximum Gasteiger partial charge on any atom is 0.244 e. The van der Waals surface area contributed by atoms with Crippen molar-refractivity contribution < 1.29 is 36.7 Å². The Balaban J connectivity index is 0.000000123. The molecule has 4 aromatic carbocycles. The average molecular weight is 1880 g/mol. The van der Waals surface area contributed by atoms with Gasteiger partial charge in [0.1, 0.15) is 121 Å². The van der Waals surface area contributed by atoms with Gasteiger partial charge in [-0.3, -0.25) is 19.2 Å². The molecule has 12 N–H and O–H groups in total. The van der Waals surface area contributed by atoms with Crippen LogP contribution in [0.3, 0.4) is 0 Å². The molecule has 132 heavy (non-hydrogen) atoms. The summed E-state index contributed by atoms with van der Waals surface area (Å²) in [6, 6.07) is 15.1. The molecule has 12 aromatic heterocycles. The third-order valence-electron chi connectivity index (χ3n) is 23.1. The Morgan fingerprint density at radius 3 is 0.939 bits per heavy atom. The van der Waals surface area contributed by atoms with Gasteiger partial charge in [-0.15, -0.1) is 0 Å². The van der Waals surface area contributed by atoms with E-state index in [0.29, 0.717) is 225 Å². The highest BCUT2D eigenvalue weighted by molar-refractivity contribution is 6.32. The Bertz CT molecular complexity index is 6940. The van der Waals surface area contributed by atoms with Crippen molar-refractivity contribution in [2.75, 3.05) is 134 Å². The molecule has 4 fully saturated rings. The first kappa shape index (κ1) is 89.1. The number of hydrogen-bond acceptors (Lipinski definition) is 28. The number of anilines is 8. The Labute approximate surface area is 767 Å². The predicted molar refractivity (Wildman–Crippen MR) is 489 cm³/mol. The topological polar surface area (TPSA) is 487 Å². The van der Waals surface area contributed by atoms with Crippen LogP contribution in [-0.2, 0) is 45.4 Å². The van der Waals surface area contributed by atoms with Gasteiger partial charge in [0.15, 0.2) is 45.9 Å². The Hall–Kier alpha value is -14.9. The zero-order valence-electron chi connectivity index (χ0n) is 71.1. The van der Waals surface area contributed by atoms with Crippen molar-refractivity contribution in [2.24, 2.45) is 0 Å². The minimum atomic E-state index is -0.375. The fraction of sp³-hybridized carbons (Fsp3) is 0.286. The number of aryl methyl sites for hydroxylation is 2. The SMILES string of the molecule is C[C@H]1CN(c2ccc(Cl)cc2F)CCN1C(=O)Cn1nc(-c2ncc[nH]2)c2c(N)ncnc21.Cc1cc(N2CCN(C(=O)Cn3nc(-c4ncc[nH]4)c4c(N)ncnc43)CC2)c(F)cc1Cl.Cc1cc(N2CCN(C(=O)Cn3nc(-c4ncc[nH]4)c4c(N)ncnc43)[C@@H](C)C2)c(F)cc1Cl.Nc1ncnc2c1c(-c1ncc[nH]1)nn2CC(=O)N1CCN(c2ccc(Cl)cc2F)CC1. The molecule has 4 aliphatic rings. The molecule has 4 amide bonds. The molecule has 0 spiro atoms. The number of aromatic nitrogens is 24. The van der Waals surface area contributed by atoms with E-state index >= 15 is 0 Å². The van der Waals surface area contributed by atoms with Crippen molar-refractivity contribution in [2.45, 2.75) is 66.0 Å². The van der Waals surface area contributed by atoms with Gasteiger partial charge in [-0.1, -0.05) is 46.4 Å². The van der Waals surface area contributed by atoms with E-state index < -0.39 is 0 Å². The molecule has 4 aliphatic heterocycles. The molecular weight excluding hydrogens is 1790 g/mol. The molecule has 16 aromatic rings. The van der Waals surface area contributed by atoms with Gasteiger partial charge in [-0.2, -0.15) is 20.4 Å². The number of amides is 4. The van der Waals surface area contributed by atoms with Crippen LogP contribution in [0.1, 0.15) is 25.0 Å². The van der Waals surface area contributed by atoms with E-state index in [1.54, 1.807) is 106 Å². The molecule has 0 bridgehead atoms. The van der Waals surface area contributed by atoms with E-state index in [2.05, 4.69) is 100 Å². The lowest BCUT2D eigenvalue weighted by molar-refractivity contribution is -0.135. The van der Waals surface area contributed by atoms with Gasteiger partial charge in [0.05, 0.1) is 44.3 Å². The van der Waals surface area contributed by atoms with Gasteiger partial charge in [0.25, 0.3) is 0 Å². The van der Waals surface area contributed by atoms with Crippen LogP contribution in [0, 0.1) is 37.1 Å². The summed E-state index contributed by atoms with van der Waals surface area (Å²) in [5.41, 5.74) is 31.6. The Kier molecular flexibility index (Phi) is 25.7.